The number of alkyl carbamates (subject to hydrolysis) is 1. The number of amides is 1. The molecule has 2 N–H and O–H groups in total. The zero-order valence-electron chi connectivity index (χ0n) is 12.8. The van der Waals surface area contributed by atoms with Gasteiger partial charge in [-0.2, -0.15) is 0 Å². The van der Waals surface area contributed by atoms with Crippen LogP contribution in [0.2, 0.25) is 0 Å². The molecule has 2 rings (SSSR count). The van der Waals surface area contributed by atoms with Crippen molar-refractivity contribution in [2.24, 2.45) is 0 Å². The van der Waals surface area contributed by atoms with Crippen molar-refractivity contribution >= 4 is 12.0 Å². The normalized spacial score (nSPS) is 17.8. The van der Waals surface area contributed by atoms with E-state index >= 15 is 0 Å². The predicted molar refractivity (Wildman–Crippen MR) is 80.0 cm³/mol. The van der Waals surface area contributed by atoms with Crippen LogP contribution in [0.25, 0.3) is 0 Å². The maximum absolute atomic E-state index is 11.9. The number of hydrogen-bond acceptors (Lipinski definition) is 5. The number of alkyl halides is 1. The van der Waals surface area contributed by atoms with Crippen molar-refractivity contribution in [3.8, 4) is 0 Å². The maximum Gasteiger partial charge on any atom is 0.407 e. The van der Waals surface area contributed by atoms with Crippen molar-refractivity contribution in [1.82, 2.24) is 15.3 Å². The first kappa shape index (κ1) is 16.3. The molecule has 0 bridgehead atoms. The molecule has 0 aliphatic carbocycles. The Kier molecular flexibility index (Phi) is 5.35. The minimum atomic E-state index is -0.697. The Morgan fingerprint density at radius 3 is 3.09 bits per heavy atom. The molecule has 1 saturated heterocycles. The van der Waals surface area contributed by atoms with E-state index in [1.807, 2.05) is 18.7 Å². The van der Waals surface area contributed by atoms with Gasteiger partial charge in [0.15, 0.2) is 0 Å². The first-order chi connectivity index (χ1) is 10.5. The summed E-state index contributed by atoms with van der Waals surface area (Å²) in [6, 6.07) is 1.38. The average Bonchev–Trinajstić information content (AvgIpc) is 2.93. The van der Waals surface area contributed by atoms with Crippen LogP contribution in [0.5, 0.6) is 0 Å². The highest BCUT2D eigenvalue weighted by Crippen LogP contribution is 2.17. The molecule has 0 aromatic carbocycles. The summed E-state index contributed by atoms with van der Waals surface area (Å²) in [6.07, 6.45) is 0.0854. The summed E-state index contributed by atoms with van der Waals surface area (Å²) in [5.74, 6) is 0.672. The van der Waals surface area contributed by atoms with E-state index in [0.717, 1.165) is 5.69 Å². The number of nitrogens with zero attached hydrogens (tertiary/aromatic N) is 2. The third kappa shape index (κ3) is 4.19. The summed E-state index contributed by atoms with van der Waals surface area (Å²) in [7, 11) is 0. The lowest BCUT2D eigenvalue weighted by Crippen LogP contribution is -2.38. The third-order valence-corrected chi connectivity index (χ3v) is 3.46. The van der Waals surface area contributed by atoms with Gasteiger partial charge in [-0.25, -0.2) is 14.2 Å². The number of hydrogen-bond donors (Lipinski definition) is 2. The third-order valence-electron chi connectivity index (χ3n) is 3.46. The van der Waals surface area contributed by atoms with Crippen molar-refractivity contribution in [1.29, 1.82) is 0 Å². The summed E-state index contributed by atoms with van der Waals surface area (Å²) in [5, 5.41) is 2.68. The number of halogens is 1. The number of ether oxygens (including phenoxy) is 1. The Balaban J connectivity index is 1.98. The molecule has 7 nitrogen and oxygen atoms in total. The summed E-state index contributed by atoms with van der Waals surface area (Å²) < 4.78 is 16.6. The Hall–Kier alpha value is -2.12. The molecule has 8 heteroatoms. The Morgan fingerprint density at radius 1 is 1.64 bits per heavy atom. The van der Waals surface area contributed by atoms with Gasteiger partial charge in [-0.15, -0.1) is 0 Å². The van der Waals surface area contributed by atoms with Crippen LogP contribution < -0.4 is 15.8 Å². The van der Waals surface area contributed by atoms with Crippen LogP contribution in [0, 0.1) is 0 Å². The predicted octanol–water partition coefficient (Wildman–Crippen LogP) is 1.17. The lowest BCUT2D eigenvalue weighted by molar-refractivity contribution is 0.134. The molecule has 2 heterocycles. The van der Waals surface area contributed by atoms with Crippen molar-refractivity contribution in [3.05, 3.63) is 22.1 Å². The standard InChI is InChI=1S/C14H21FN4O3/c1-9(2)11-7-12(20)18-13(17-11)19-5-3-10(8-19)16-14(21)22-6-4-15/h7,9-10H,3-6,8H2,1-2H3,(H,16,21)(H,17,18,20). The number of H-pyrrole nitrogens is 1. The second-order valence-corrected chi connectivity index (χ2v) is 5.55. The minimum absolute atomic E-state index is 0.111. The molecule has 1 atom stereocenters. The largest absolute Gasteiger partial charge is 0.447 e. The summed E-state index contributed by atoms with van der Waals surface area (Å²) in [4.78, 5) is 32.2. The monoisotopic (exact) mass is 312 g/mol. The van der Waals surface area contributed by atoms with Crippen molar-refractivity contribution in [3.63, 3.8) is 0 Å². The van der Waals surface area contributed by atoms with E-state index in [0.29, 0.717) is 25.5 Å². The van der Waals surface area contributed by atoms with Gasteiger partial charge in [0, 0.05) is 19.2 Å². The van der Waals surface area contributed by atoms with Crippen LogP contribution in [-0.2, 0) is 4.74 Å². The van der Waals surface area contributed by atoms with Crippen molar-refractivity contribution in [2.45, 2.75) is 32.2 Å². The van der Waals surface area contributed by atoms with Crippen LogP contribution in [0.3, 0.4) is 0 Å². The molecule has 1 aromatic heterocycles. The molecule has 0 spiro atoms. The SMILES string of the molecule is CC(C)c1cc(=O)[nH]c(N2CCC(NC(=O)OCCF)C2)n1. The molecule has 1 aliphatic heterocycles. The second kappa shape index (κ2) is 7.24. The first-order valence-corrected chi connectivity index (χ1v) is 7.35. The minimum Gasteiger partial charge on any atom is -0.447 e. The highest BCUT2D eigenvalue weighted by Gasteiger charge is 2.26. The lowest BCUT2D eigenvalue weighted by atomic mass is 10.1. The smallest absolute Gasteiger partial charge is 0.407 e. The van der Waals surface area contributed by atoms with Crippen molar-refractivity contribution < 1.29 is 13.9 Å². The van der Waals surface area contributed by atoms with E-state index < -0.39 is 12.8 Å². The topological polar surface area (TPSA) is 87.3 Å². The Bertz CT molecular complexity index is 575. The maximum atomic E-state index is 11.9. The van der Waals surface area contributed by atoms with Gasteiger partial charge < -0.3 is 15.0 Å². The number of aromatic nitrogens is 2. The van der Waals surface area contributed by atoms with Crippen LogP contribution in [0.15, 0.2) is 10.9 Å². The fourth-order valence-corrected chi connectivity index (χ4v) is 2.32. The number of carbonyl (C=O) groups is 1. The van der Waals surface area contributed by atoms with Gasteiger partial charge in [0.05, 0.1) is 11.7 Å². The second-order valence-electron chi connectivity index (χ2n) is 5.55. The highest BCUT2D eigenvalue weighted by molar-refractivity contribution is 5.67. The molecular weight excluding hydrogens is 291 g/mol. The van der Waals surface area contributed by atoms with Crippen LogP contribution >= 0.6 is 0 Å². The molecule has 122 valence electrons. The van der Waals surface area contributed by atoms with Crippen LogP contribution in [0.1, 0.15) is 31.9 Å². The first-order valence-electron chi connectivity index (χ1n) is 7.35. The van der Waals surface area contributed by atoms with Gasteiger partial charge in [0.2, 0.25) is 5.95 Å². The average molecular weight is 312 g/mol. The molecular formula is C14H21FN4O3. The molecule has 1 fully saturated rings. The van der Waals surface area contributed by atoms with E-state index in [1.165, 1.54) is 6.07 Å². The molecule has 1 unspecified atom stereocenters. The van der Waals surface area contributed by atoms with E-state index in [4.69, 9.17) is 0 Å². The Morgan fingerprint density at radius 2 is 2.41 bits per heavy atom. The van der Waals surface area contributed by atoms with Crippen LogP contribution in [0.4, 0.5) is 15.1 Å². The van der Waals surface area contributed by atoms with Gasteiger partial charge in [0.25, 0.3) is 5.56 Å². The van der Waals surface area contributed by atoms with E-state index in [1.54, 1.807) is 0 Å². The molecule has 22 heavy (non-hydrogen) atoms. The van der Waals surface area contributed by atoms with Gasteiger partial charge >= 0.3 is 6.09 Å². The zero-order valence-corrected chi connectivity index (χ0v) is 12.8. The number of nitrogens with one attached hydrogen (secondary N) is 2. The lowest BCUT2D eigenvalue weighted by Gasteiger charge is -2.18. The quantitative estimate of drug-likeness (QED) is 0.852. The van der Waals surface area contributed by atoms with Gasteiger partial charge in [0.1, 0.15) is 13.3 Å². The summed E-state index contributed by atoms with van der Waals surface area (Å²) >= 11 is 0. The van der Waals surface area contributed by atoms with Crippen molar-refractivity contribution in [2.75, 3.05) is 31.3 Å². The summed E-state index contributed by atoms with van der Waals surface area (Å²) in [6.45, 7) is 4.19. The number of carbonyl (C=O) groups excluding carboxylic acids is 1. The van der Waals surface area contributed by atoms with E-state index in [2.05, 4.69) is 20.0 Å². The fourth-order valence-electron chi connectivity index (χ4n) is 2.32. The zero-order chi connectivity index (χ0) is 16.1. The van der Waals surface area contributed by atoms with Gasteiger partial charge in [-0.1, -0.05) is 13.8 Å². The van der Waals surface area contributed by atoms with Gasteiger partial charge in [-0.3, -0.25) is 9.78 Å². The van der Waals surface area contributed by atoms with Crippen LogP contribution in [-0.4, -0.2) is 48.5 Å². The fraction of sp³-hybridized carbons (Fsp3) is 0.643. The van der Waals surface area contributed by atoms with E-state index in [-0.39, 0.29) is 24.1 Å². The molecule has 0 radical (unpaired) electrons. The number of rotatable bonds is 5. The Labute approximate surface area is 127 Å². The molecule has 1 aliphatic rings. The highest BCUT2D eigenvalue weighted by atomic mass is 19.1. The summed E-state index contributed by atoms with van der Waals surface area (Å²) in [5.41, 5.74) is 0.546. The molecule has 1 aromatic rings. The number of aromatic amines is 1. The van der Waals surface area contributed by atoms with Gasteiger partial charge in [-0.05, 0) is 12.3 Å². The molecule has 0 saturated carbocycles. The number of anilines is 1. The van der Waals surface area contributed by atoms with E-state index in [9.17, 15) is 14.0 Å². The molecule has 1 amide bonds.